The molecule has 0 radical (unpaired) electrons. The first kappa shape index (κ1) is 14.3. The lowest BCUT2D eigenvalue weighted by molar-refractivity contribution is 0.638. The number of hydrogen-bond donors (Lipinski definition) is 0. The quantitative estimate of drug-likeness (QED) is 0.391. The van der Waals surface area contributed by atoms with Crippen LogP contribution < -0.4 is 0 Å². The average molecular weight is 170 g/mol. The zero-order valence-electron chi connectivity index (χ0n) is 9.23. The Hall–Kier alpha value is -0.260. The van der Waals surface area contributed by atoms with Crippen molar-refractivity contribution < 1.29 is 0 Å². The van der Waals surface area contributed by atoms with Crippen LogP contribution in [0.5, 0.6) is 0 Å². The Kier molecular flexibility index (Phi) is 20.2. The molecule has 0 heteroatoms. The van der Waals surface area contributed by atoms with Crippen LogP contribution >= 0.6 is 0 Å². The van der Waals surface area contributed by atoms with Gasteiger partial charge in [0.15, 0.2) is 0 Å². The van der Waals surface area contributed by atoms with Crippen LogP contribution in [0, 0.1) is 0 Å². The first-order chi connectivity index (χ1) is 5.83. The van der Waals surface area contributed by atoms with Crippen molar-refractivity contribution in [2.75, 3.05) is 0 Å². The molecule has 0 atom stereocenters. The molecule has 0 spiro atoms. The predicted octanol–water partition coefficient (Wildman–Crippen LogP) is 4.95. The highest BCUT2D eigenvalue weighted by molar-refractivity contribution is 4.65. The van der Waals surface area contributed by atoms with E-state index in [-0.39, 0.29) is 0 Å². The van der Waals surface area contributed by atoms with Gasteiger partial charge in [-0.1, -0.05) is 59.0 Å². The third-order valence-corrected chi connectivity index (χ3v) is 1.51. The molecule has 0 aliphatic rings. The highest BCUT2D eigenvalue weighted by atomic mass is 13.9. The highest BCUT2D eigenvalue weighted by Gasteiger charge is 1.84. The molecule has 0 bridgehead atoms. The van der Waals surface area contributed by atoms with Crippen molar-refractivity contribution in [3.63, 3.8) is 0 Å². The zero-order valence-corrected chi connectivity index (χ0v) is 9.23. The van der Waals surface area contributed by atoms with Crippen LogP contribution in [-0.2, 0) is 0 Å². The van der Waals surface area contributed by atoms with E-state index >= 15 is 0 Å². The molecule has 0 heterocycles. The number of unbranched alkanes of at least 4 members (excludes halogenated alkanes) is 5. The van der Waals surface area contributed by atoms with E-state index < -0.39 is 0 Å². The van der Waals surface area contributed by atoms with Crippen molar-refractivity contribution in [2.24, 2.45) is 0 Å². The van der Waals surface area contributed by atoms with Crippen molar-refractivity contribution in [3.8, 4) is 0 Å². The van der Waals surface area contributed by atoms with Crippen molar-refractivity contribution in [3.05, 3.63) is 12.7 Å². The molecule has 0 fully saturated rings. The fraction of sp³-hybridized carbons (Fsp3) is 0.833. The molecule has 0 amide bonds. The summed E-state index contributed by atoms with van der Waals surface area (Å²) in [6.45, 7) is 10.2. The third kappa shape index (κ3) is 22.6. The van der Waals surface area contributed by atoms with E-state index in [1.165, 1.54) is 44.9 Å². The Morgan fingerprint density at radius 3 is 1.83 bits per heavy atom. The van der Waals surface area contributed by atoms with Gasteiger partial charge in [0, 0.05) is 0 Å². The molecule has 0 unspecified atom stereocenters. The predicted molar refractivity (Wildman–Crippen MR) is 59.5 cm³/mol. The summed E-state index contributed by atoms with van der Waals surface area (Å²) in [5.41, 5.74) is 0. The maximum Gasteiger partial charge on any atom is -0.0353 e. The Bertz CT molecular complexity index is 64.4. The molecule has 0 saturated heterocycles. The Labute approximate surface area is 79.1 Å². The first-order valence-electron chi connectivity index (χ1n) is 5.44. The lowest BCUT2D eigenvalue weighted by atomic mass is 10.1. The molecule has 0 aliphatic heterocycles. The summed E-state index contributed by atoms with van der Waals surface area (Å²) in [7, 11) is 0. The van der Waals surface area contributed by atoms with Crippen molar-refractivity contribution in [2.45, 2.75) is 65.7 Å². The molecule has 0 saturated carbocycles. The third-order valence-electron chi connectivity index (χ3n) is 1.51. The van der Waals surface area contributed by atoms with Gasteiger partial charge in [-0.05, 0) is 12.8 Å². The Balaban J connectivity index is 0. The maximum atomic E-state index is 3.68. The van der Waals surface area contributed by atoms with Gasteiger partial charge in [-0.25, -0.2) is 0 Å². The minimum absolute atomic E-state index is 1.20. The van der Waals surface area contributed by atoms with Crippen LogP contribution in [0.2, 0.25) is 0 Å². The molecule has 0 aromatic rings. The minimum atomic E-state index is 1.20. The molecular weight excluding hydrogens is 144 g/mol. The topological polar surface area (TPSA) is 0 Å². The van der Waals surface area contributed by atoms with E-state index in [0.29, 0.717) is 0 Å². The smallest absolute Gasteiger partial charge is 0.0353 e. The van der Waals surface area contributed by atoms with Crippen molar-refractivity contribution in [1.82, 2.24) is 0 Å². The van der Waals surface area contributed by atoms with Crippen LogP contribution in [0.25, 0.3) is 0 Å². The van der Waals surface area contributed by atoms with Gasteiger partial charge in [0.2, 0.25) is 0 Å². The SMILES string of the molecule is C=CCCCCCCC.CCC. The second-order valence-electron chi connectivity index (χ2n) is 3.20. The number of allylic oxidation sites excluding steroid dienone is 1. The number of rotatable bonds is 6. The fourth-order valence-corrected chi connectivity index (χ4v) is 0.892. The van der Waals surface area contributed by atoms with Crippen LogP contribution in [-0.4, -0.2) is 0 Å². The summed E-state index contributed by atoms with van der Waals surface area (Å²) in [4.78, 5) is 0. The lowest BCUT2D eigenvalue weighted by Crippen LogP contribution is -1.74. The molecule has 0 rings (SSSR count). The van der Waals surface area contributed by atoms with Gasteiger partial charge in [-0.3, -0.25) is 0 Å². The zero-order chi connectivity index (χ0) is 9.66. The Morgan fingerprint density at radius 1 is 0.917 bits per heavy atom. The van der Waals surface area contributed by atoms with E-state index in [0.717, 1.165) is 0 Å². The summed E-state index contributed by atoms with van der Waals surface area (Å²) in [6, 6.07) is 0. The van der Waals surface area contributed by atoms with Crippen LogP contribution in [0.3, 0.4) is 0 Å². The van der Waals surface area contributed by atoms with Crippen LogP contribution in [0.4, 0.5) is 0 Å². The van der Waals surface area contributed by atoms with Gasteiger partial charge >= 0.3 is 0 Å². The molecule has 74 valence electrons. The molecule has 0 aliphatic carbocycles. The average Bonchev–Trinajstić information content (AvgIpc) is 2.06. The van der Waals surface area contributed by atoms with Gasteiger partial charge in [-0.15, -0.1) is 6.58 Å². The standard InChI is InChI=1S/C9H18.C3H8/c1-3-5-7-9-8-6-4-2;1-3-2/h3H,1,4-9H2,2H3;3H2,1-2H3. The lowest BCUT2D eigenvalue weighted by Gasteiger charge is -1.94. The molecule has 12 heavy (non-hydrogen) atoms. The maximum absolute atomic E-state index is 3.68. The summed E-state index contributed by atoms with van der Waals surface area (Å²) in [5, 5.41) is 0. The van der Waals surface area contributed by atoms with Gasteiger partial charge < -0.3 is 0 Å². The second kappa shape index (κ2) is 17.0. The van der Waals surface area contributed by atoms with Crippen molar-refractivity contribution >= 4 is 0 Å². The molecule has 0 aromatic heterocycles. The van der Waals surface area contributed by atoms with E-state index in [2.05, 4.69) is 27.4 Å². The van der Waals surface area contributed by atoms with Crippen molar-refractivity contribution in [1.29, 1.82) is 0 Å². The van der Waals surface area contributed by atoms with Gasteiger partial charge in [-0.2, -0.15) is 0 Å². The second-order valence-corrected chi connectivity index (χ2v) is 3.20. The van der Waals surface area contributed by atoms with E-state index in [9.17, 15) is 0 Å². The summed E-state index contributed by atoms with van der Waals surface area (Å²) < 4.78 is 0. The van der Waals surface area contributed by atoms with Gasteiger partial charge in [0.1, 0.15) is 0 Å². The van der Waals surface area contributed by atoms with E-state index in [1.54, 1.807) is 0 Å². The van der Waals surface area contributed by atoms with Crippen LogP contribution in [0.15, 0.2) is 12.7 Å². The molecule has 0 N–H and O–H groups in total. The van der Waals surface area contributed by atoms with E-state index in [1.807, 2.05) is 6.08 Å². The fourth-order valence-electron chi connectivity index (χ4n) is 0.892. The summed E-state index contributed by atoms with van der Waals surface area (Å²) in [5.74, 6) is 0. The Morgan fingerprint density at radius 2 is 1.42 bits per heavy atom. The largest absolute Gasteiger partial charge is 0.103 e. The normalized spacial score (nSPS) is 8.58. The number of hydrogen-bond acceptors (Lipinski definition) is 0. The minimum Gasteiger partial charge on any atom is -0.103 e. The first-order valence-corrected chi connectivity index (χ1v) is 5.44. The highest BCUT2D eigenvalue weighted by Crippen LogP contribution is 2.04. The van der Waals surface area contributed by atoms with Gasteiger partial charge in [0.25, 0.3) is 0 Å². The monoisotopic (exact) mass is 170 g/mol. The van der Waals surface area contributed by atoms with Gasteiger partial charge in [0.05, 0.1) is 0 Å². The molecule has 0 aromatic carbocycles. The molecule has 0 nitrogen and oxygen atoms in total. The van der Waals surface area contributed by atoms with E-state index in [4.69, 9.17) is 0 Å². The summed E-state index contributed by atoms with van der Waals surface area (Å²) >= 11 is 0. The summed E-state index contributed by atoms with van der Waals surface area (Å²) in [6.07, 6.45) is 11.3. The van der Waals surface area contributed by atoms with Crippen LogP contribution in [0.1, 0.15) is 65.7 Å². The molecular formula is C12H26.